The number of amides is 2. The molecule has 0 bridgehead atoms. The summed E-state index contributed by atoms with van der Waals surface area (Å²) >= 11 is 1.38. The summed E-state index contributed by atoms with van der Waals surface area (Å²) in [5.41, 5.74) is 3.77. The van der Waals surface area contributed by atoms with Crippen molar-refractivity contribution in [3.05, 3.63) is 113 Å². The van der Waals surface area contributed by atoms with E-state index in [1.807, 2.05) is 37.3 Å². The van der Waals surface area contributed by atoms with Gasteiger partial charge in [0.2, 0.25) is 0 Å². The fourth-order valence-corrected chi connectivity index (χ4v) is 5.92. The summed E-state index contributed by atoms with van der Waals surface area (Å²) in [5.74, 6) is -2.00. The Morgan fingerprint density at radius 1 is 0.810 bits per heavy atom. The van der Waals surface area contributed by atoms with Crippen LogP contribution in [0.25, 0.3) is 16.0 Å². The zero-order chi connectivity index (χ0) is 29.8. The van der Waals surface area contributed by atoms with Crippen molar-refractivity contribution >= 4 is 51.4 Å². The first kappa shape index (κ1) is 28.5. The number of nitrogens with one attached hydrogen (secondary N) is 1. The molecule has 5 rings (SSSR count). The Morgan fingerprint density at radius 2 is 1.43 bits per heavy atom. The van der Waals surface area contributed by atoms with Crippen molar-refractivity contribution in [3.8, 4) is 10.4 Å². The molecule has 0 fully saturated rings. The SMILES string of the molecule is CCOC(=O)c1ccc(N2C(=O)/C(=C/Nc3sc(-c4ccccc4)c(C)c3C(=O)OCC)c3ccccc3C2=O)cc1. The molecule has 1 aromatic heterocycles. The van der Waals surface area contributed by atoms with Crippen LogP contribution in [0, 0.1) is 6.92 Å². The second-order valence-electron chi connectivity index (χ2n) is 9.31. The van der Waals surface area contributed by atoms with Gasteiger partial charge in [-0.1, -0.05) is 48.5 Å². The predicted octanol–water partition coefficient (Wildman–Crippen LogP) is 6.72. The largest absolute Gasteiger partial charge is 0.462 e. The first-order valence-electron chi connectivity index (χ1n) is 13.4. The van der Waals surface area contributed by atoms with Gasteiger partial charge in [0.25, 0.3) is 11.8 Å². The fourth-order valence-electron chi connectivity index (χ4n) is 4.75. The zero-order valence-corrected chi connectivity index (χ0v) is 24.1. The molecule has 1 N–H and O–H groups in total. The van der Waals surface area contributed by atoms with E-state index in [1.54, 1.807) is 38.1 Å². The fraction of sp³-hybridized carbons (Fsp3) is 0.152. The monoisotopic (exact) mass is 580 g/mol. The molecular weight excluding hydrogens is 552 g/mol. The van der Waals surface area contributed by atoms with Gasteiger partial charge in [0, 0.05) is 22.2 Å². The lowest BCUT2D eigenvalue weighted by Crippen LogP contribution is -2.42. The molecule has 2 amide bonds. The van der Waals surface area contributed by atoms with E-state index in [0.29, 0.717) is 32.9 Å². The minimum Gasteiger partial charge on any atom is -0.462 e. The van der Waals surface area contributed by atoms with Crippen LogP contribution in [-0.2, 0) is 14.3 Å². The van der Waals surface area contributed by atoms with Gasteiger partial charge < -0.3 is 14.8 Å². The molecule has 0 radical (unpaired) electrons. The van der Waals surface area contributed by atoms with Gasteiger partial charge in [-0.05, 0) is 62.2 Å². The van der Waals surface area contributed by atoms with Gasteiger partial charge in [-0.15, -0.1) is 11.3 Å². The number of rotatable bonds is 8. The van der Waals surface area contributed by atoms with Crippen LogP contribution in [-0.4, -0.2) is 37.0 Å². The van der Waals surface area contributed by atoms with E-state index in [2.05, 4.69) is 5.32 Å². The van der Waals surface area contributed by atoms with Crippen LogP contribution in [0.3, 0.4) is 0 Å². The van der Waals surface area contributed by atoms with Gasteiger partial charge in [-0.2, -0.15) is 0 Å². The molecule has 0 atom stereocenters. The number of hydrogen-bond acceptors (Lipinski definition) is 8. The highest BCUT2D eigenvalue weighted by Crippen LogP contribution is 2.41. The zero-order valence-electron chi connectivity index (χ0n) is 23.3. The number of thiophene rings is 1. The topological polar surface area (TPSA) is 102 Å². The lowest BCUT2D eigenvalue weighted by atomic mass is 9.93. The van der Waals surface area contributed by atoms with E-state index < -0.39 is 23.8 Å². The molecule has 2 heterocycles. The molecule has 0 unspecified atom stereocenters. The number of benzene rings is 3. The van der Waals surface area contributed by atoms with Crippen LogP contribution in [0.15, 0.2) is 85.1 Å². The van der Waals surface area contributed by atoms with E-state index in [0.717, 1.165) is 20.9 Å². The lowest BCUT2D eigenvalue weighted by Gasteiger charge is -2.28. The Bertz CT molecular complexity index is 1710. The molecule has 8 nitrogen and oxygen atoms in total. The van der Waals surface area contributed by atoms with Crippen LogP contribution in [0.4, 0.5) is 10.7 Å². The van der Waals surface area contributed by atoms with Gasteiger partial charge in [0.05, 0.1) is 35.6 Å². The van der Waals surface area contributed by atoms with Crippen molar-refractivity contribution in [2.24, 2.45) is 0 Å². The number of carbonyl (C=O) groups is 4. The normalized spacial score (nSPS) is 13.6. The van der Waals surface area contributed by atoms with Crippen LogP contribution < -0.4 is 10.2 Å². The number of nitrogens with zero attached hydrogens (tertiary/aromatic N) is 1. The number of carbonyl (C=O) groups excluding carboxylic acids is 4. The minimum absolute atomic E-state index is 0.215. The Labute approximate surface area is 247 Å². The van der Waals surface area contributed by atoms with Gasteiger partial charge >= 0.3 is 11.9 Å². The summed E-state index contributed by atoms with van der Waals surface area (Å²) in [4.78, 5) is 54.5. The summed E-state index contributed by atoms with van der Waals surface area (Å²) < 4.78 is 10.4. The highest BCUT2D eigenvalue weighted by Gasteiger charge is 2.36. The molecule has 4 aromatic rings. The van der Waals surface area contributed by atoms with E-state index in [9.17, 15) is 19.2 Å². The van der Waals surface area contributed by atoms with Gasteiger partial charge in [0.1, 0.15) is 5.00 Å². The standard InChI is InChI=1S/C33H28N2O6S/c1-4-40-32(38)22-15-17-23(18-16-22)35-30(36)25-14-10-9-13-24(25)26(31(35)37)19-34-29-27(33(39)41-5-2)20(3)28(42-29)21-11-7-6-8-12-21/h6-19,34H,4-5H2,1-3H3/b26-19+. The Morgan fingerprint density at radius 3 is 2.10 bits per heavy atom. The number of anilines is 2. The molecule has 9 heteroatoms. The van der Waals surface area contributed by atoms with E-state index >= 15 is 0 Å². The highest BCUT2D eigenvalue weighted by molar-refractivity contribution is 7.20. The molecule has 42 heavy (non-hydrogen) atoms. The smallest absolute Gasteiger partial charge is 0.341 e. The van der Waals surface area contributed by atoms with Crippen molar-refractivity contribution in [1.29, 1.82) is 0 Å². The summed E-state index contributed by atoms with van der Waals surface area (Å²) in [6, 6.07) is 22.7. The molecule has 0 spiro atoms. The van der Waals surface area contributed by atoms with Crippen LogP contribution >= 0.6 is 11.3 Å². The quantitative estimate of drug-likeness (QED) is 0.140. The molecule has 0 aliphatic carbocycles. The first-order valence-corrected chi connectivity index (χ1v) is 14.2. The van der Waals surface area contributed by atoms with Crippen LogP contribution in [0.2, 0.25) is 0 Å². The maximum Gasteiger partial charge on any atom is 0.341 e. The van der Waals surface area contributed by atoms with Gasteiger partial charge in [-0.3, -0.25) is 9.59 Å². The molecule has 0 saturated heterocycles. The lowest BCUT2D eigenvalue weighted by molar-refractivity contribution is -0.112. The van der Waals surface area contributed by atoms with E-state index in [-0.39, 0.29) is 18.8 Å². The van der Waals surface area contributed by atoms with Crippen LogP contribution in [0.1, 0.15) is 56.0 Å². The van der Waals surface area contributed by atoms with Gasteiger partial charge in [0.15, 0.2) is 0 Å². The third kappa shape index (κ3) is 5.34. The van der Waals surface area contributed by atoms with E-state index in [4.69, 9.17) is 9.47 Å². The Kier molecular flexibility index (Phi) is 8.31. The van der Waals surface area contributed by atoms with Crippen molar-refractivity contribution in [1.82, 2.24) is 0 Å². The summed E-state index contributed by atoms with van der Waals surface area (Å²) in [5, 5.41) is 3.70. The Hall–Kier alpha value is -5.02. The molecule has 1 aliphatic heterocycles. The number of esters is 2. The van der Waals surface area contributed by atoms with Crippen molar-refractivity contribution in [2.45, 2.75) is 20.8 Å². The maximum atomic E-state index is 13.9. The number of hydrogen-bond donors (Lipinski definition) is 1. The molecule has 3 aromatic carbocycles. The molecule has 0 saturated carbocycles. The number of imide groups is 1. The second-order valence-corrected chi connectivity index (χ2v) is 10.3. The molecule has 1 aliphatic rings. The number of fused-ring (bicyclic) bond motifs is 1. The molecule has 212 valence electrons. The summed E-state index contributed by atoms with van der Waals surface area (Å²) in [7, 11) is 0. The maximum absolute atomic E-state index is 13.9. The summed E-state index contributed by atoms with van der Waals surface area (Å²) in [6.07, 6.45) is 1.52. The van der Waals surface area contributed by atoms with Crippen molar-refractivity contribution in [3.63, 3.8) is 0 Å². The van der Waals surface area contributed by atoms with Gasteiger partial charge in [-0.25, -0.2) is 14.5 Å². The minimum atomic E-state index is -0.552. The summed E-state index contributed by atoms with van der Waals surface area (Å²) in [6.45, 7) is 5.77. The first-order chi connectivity index (χ1) is 20.3. The Balaban J connectivity index is 1.56. The van der Waals surface area contributed by atoms with E-state index in [1.165, 1.54) is 41.8 Å². The predicted molar refractivity (Wildman–Crippen MR) is 163 cm³/mol. The average Bonchev–Trinajstić information content (AvgIpc) is 3.34. The second kappa shape index (κ2) is 12.2. The van der Waals surface area contributed by atoms with Crippen LogP contribution in [0.5, 0.6) is 0 Å². The van der Waals surface area contributed by atoms with Crippen molar-refractivity contribution < 1.29 is 28.7 Å². The highest BCUT2D eigenvalue weighted by atomic mass is 32.1. The van der Waals surface area contributed by atoms with Crippen molar-refractivity contribution in [2.75, 3.05) is 23.4 Å². The third-order valence-electron chi connectivity index (χ3n) is 6.73. The number of ether oxygens (including phenoxy) is 2. The third-order valence-corrected chi connectivity index (χ3v) is 8.00. The average molecular weight is 581 g/mol. The molecular formula is C33H28N2O6S.